The molecule has 3 N–H and O–H groups in total. The van der Waals surface area contributed by atoms with Crippen LogP contribution in [-0.4, -0.2) is 33.0 Å². The maximum Gasteiger partial charge on any atom is 0.196 e. The van der Waals surface area contributed by atoms with Crippen molar-refractivity contribution in [2.75, 3.05) is 0 Å². The normalized spacial score (nSPS) is 19.0. The molecule has 0 heterocycles. The zero-order valence-corrected chi connectivity index (χ0v) is 12.8. The van der Waals surface area contributed by atoms with Gasteiger partial charge in [0, 0.05) is 28.7 Å². The van der Waals surface area contributed by atoms with E-state index in [-0.39, 0.29) is 40.2 Å². The summed E-state index contributed by atoms with van der Waals surface area (Å²) >= 11 is 0. The van der Waals surface area contributed by atoms with Crippen LogP contribution < -0.4 is 0 Å². The molecule has 5 nitrogen and oxygen atoms in total. The Morgan fingerprint density at radius 1 is 1.00 bits per heavy atom. The molecule has 4 rings (SSSR count). The van der Waals surface area contributed by atoms with Crippen LogP contribution in [0.2, 0.25) is 0 Å². The molecule has 5 heteroatoms. The van der Waals surface area contributed by atoms with Gasteiger partial charge >= 0.3 is 0 Å². The summed E-state index contributed by atoms with van der Waals surface area (Å²) in [4.78, 5) is 25.8. The van der Waals surface area contributed by atoms with Crippen LogP contribution in [0.4, 0.5) is 0 Å². The molecule has 0 bridgehead atoms. The Labute approximate surface area is 137 Å². The molecule has 2 aliphatic carbocycles. The monoisotopic (exact) mass is 322 g/mol. The zero-order valence-electron chi connectivity index (χ0n) is 12.8. The van der Waals surface area contributed by atoms with Gasteiger partial charge in [-0.25, -0.2) is 0 Å². The Balaban J connectivity index is 2.07. The van der Waals surface area contributed by atoms with Crippen LogP contribution in [0, 0.1) is 6.92 Å². The van der Waals surface area contributed by atoms with Crippen molar-refractivity contribution in [3.63, 3.8) is 0 Å². The molecule has 24 heavy (non-hydrogen) atoms. The molecular formula is C19H14O5. The van der Waals surface area contributed by atoms with E-state index in [4.69, 9.17) is 0 Å². The molecule has 0 aliphatic heterocycles. The van der Waals surface area contributed by atoms with E-state index in [1.165, 1.54) is 24.3 Å². The molecule has 0 saturated heterocycles. The minimum atomic E-state index is -1.15. The molecule has 0 aromatic heterocycles. The topological polar surface area (TPSA) is 94.8 Å². The quantitative estimate of drug-likeness (QED) is 0.691. The van der Waals surface area contributed by atoms with Crippen LogP contribution >= 0.6 is 0 Å². The first-order chi connectivity index (χ1) is 11.4. The number of ketones is 2. The Morgan fingerprint density at radius 3 is 2.50 bits per heavy atom. The van der Waals surface area contributed by atoms with E-state index in [0.717, 1.165) is 5.56 Å². The van der Waals surface area contributed by atoms with Crippen LogP contribution in [0.1, 0.15) is 37.4 Å². The molecule has 0 amide bonds. The number of aromatic hydroxyl groups is 2. The number of allylic oxidation sites excluding steroid dienone is 1. The van der Waals surface area contributed by atoms with Gasteiger partial charge in [0.15, 0.2) is 11.6 Å². The van der Waals surface area contributed by atoms with Crippen LogP contribution in [-0.2, 0) is 6.42 Å². The van der Waals surface area contributed by atoms with Gasteiger partial charge in [0.25, 0.3) is 0 Å². The Morgan fingerprint density at radius 2 is 1.75 bits per heavy atom. The number of phenols is 2. The minimum Gasteiger partial charge on any atom is -0.507 e. The minimum absolute atomic E-state index is 0.0318. The molecule has 1 atom stereocenters. The lowest BCUT2D eigenvalue weighted by Crippen LogP contribution is -2.33. The number of aryl methyl sites for hydroxylation is 1. The summed E-state index contributed by atoms with van der Waals surface area (Å²) < 4.78 is 0. The number of hydrogen-bond donors (Lipinski definition) is 3. The van der Waals surface area contributed by atoms with Gasteiger partial charge in [-0.1, -0.05) is 18.2 Å². The van der Waals surface area contributed by atoms with Gasteiger partial charge in [0.05, 0.1) is 11.7 Å². The number of fused-ring (bicyclic) bond motifs is 3. The Hall–Kier alpha value is -2.92. The molecule has 2 aromatic carbocycles. The lowest BCUT2D eigenvalue weighted by Gasteiger charge is -2.30. The standard InChI is InChI=1S/C19H14O5/c1-8-5-9-7-13(22)16-17(14(9)12(21)6-8)18(23)10-3-2-4-11(20)15(10)19(16)24/h2-6,13,20-22H,7H2,1H3. The highest BCUT2D eigenvalue weighted by atomic mass is 16.3. The predicted molar refractivity (Wildman–Crippen MR) is 86.2 cm³/mol. The largest absolute Gasteiger partial charge is 0.507 e. The molecule has 1 unspecified atom stereocenters. The average Bonchev–Trinajstić information content (AvgIpc) is 2.50. The maximum absolute atomic E-state index is 13.0. The van der Waals surface area contributed by atoms with Crippen LogP contribution in [0.5, 0.6) is 11.5 Å². The summed E-state index contributed by atoms with van der Waals surface area (Å²) in [6.45, 7) is 1.80. The molecule has 0 radical (unpaired) electrons. The van der Waals surface area contributed by atoms with Crippen molar-refractivity contribution < 1.29 is 24.9 Å². The fourth-order valence-electron chi connectivity index (χ4n) is 3.64. The van der Waals surface area contributed by atoms with Crippen molar-refractivity contribution in [1.29, 1.82) is 0 Å². The Kier molecular flexibility index (Phi) is 2.92. The lowest BCUT2D eigenvalue weighted by atomic mass is 9.73. The smallest absolute Gasteiger partial charge is 0.196 e. The zero-order chi connectivity index (χ0) is 17.2. The van der Waals surface area contributed by atoms with E-state index in [1.54, 1.807) is 13.0 Å². The number of aliphatic hydroxyl groups excluding tert-OH is 1. The molecule has 120 valence electrons. The van der Waals surface area contributed by atoms with Crippen molar-refractivity contribution in [1.82, 2.24) is 0 Å². The summed E-state index contributed by atoms with van der Waals surface area (Å²) in [5, 5.41) is 30.8. The highest BCUT2D eigenvalue weighted by molar-refractivity contribution is 6.42. The van der Waals surface area contributed by atoms with E-state index in [2.05, 4.69) is 0 Å². The number of carbonyl (C=O) groups excluding carboxylic acids is 2. The summed E-state index contributed by atoms with van der Waals surface area (Å²) in [5.41, 5.74) is 1.70. The highest BCUT2D eigenvalue weighted by Gasteiger charge is 2.42. The molecule has 0 spiro atoms. The third kappa shape index (κ3) is 1.79. The first-order valence-electron chi connectivity index (χ1n) is 7.56. The number of benzene rings is 2. The van der Waals surface area contributed by atoms with Gasteiger partial charge in [-0.15, -0.1) is 0 Å². The van der Waals surface area contributed by atoms with Crippen molar-refractivity contribution in [2.24, 2.45) is 0 Å². The van der Waals surface area contributed by atoms with E-state index in [0.29, 0.717) is 11.1 Å². The second-order valence-corrected chi connectivity index (χ2v) is 6.18. The number of Topliss-reactive ketones (excluding diaryl/α,β-unsaturated/α-hetero) is 2. The van der Waals surface area contributed by atoms with Crippen molar-refractivity contribution in [3.8, 4) is 11.5 Å². The first kappa shape index (κ1) is 14.7. The molecule has 0 fully saturated rings. The maximum atomic E-state index is 13.0. The molecular weight excluding hydrogens is 308 g/mol. The highest BCUT2D eigenvalue weighted by Crippen LogP contribution is 2.44. The third-order valence-corrected chi connectivity index (χ3v) is 4.60. The van der Waals surface area contributed by atoms with Crippen LogP contribution in [0.3, 0.4) is 0 Å². The first-order valence-corrected chi connectivity index (χ1v) is 7.56. The lowest BCUT2D eigenvalue weighted by molar-refractivity contribution is 0.0948. The van der Waals surface area contributed by atoms with Crippen LogP contribution in [0.15, 0.2) is 35.9 Å². The van der Waals surface area contributed by atoms with E-state index in [1.807, 2.05) is 0 Å². The van der Waals surface area contributed by atoms with Crippen molar-refractivity contribution in [2.45, 2.75) is 19.4 Å². The fourth-order valence-corrected chi connectivity index (χ4v) is 3.64. The fraction of sp³-hybridized carbons (Fsp3) is 0.158. The van der Waals surface area contributed by atoms with Gasteiger partial charge in [0.2, 0.25) is 0 Å². The van der Waals surface area contributed by atoms with Gasteiger partial charge < -0.3 is 15.3 Å². The van der Waals surface area contributed by atoms with E-state index >= 15 is 0 Å². The van der Waals surface area contributed by atoms with Crippen LogP contribution in [0.25, 0.3) is 5.57 Å². The van der Waals surface area contributed by atoms with Gasteiger partial charge in [-0.05, 0) is 30.2 Å². The number of rotatable bonds is 0. The van der Waals surface area contributed by atoms with Gasteiger partial charge in [-0.3, -0.25) is 9.59 Å². The summed E-state index contributed by atoms with van der Waals surface area (Å²) in [5.74, 6) is -1.43. The molecule has 0 saturated carbocycles. The Bertz CT molecular complexity index is 968. The average molecular weight is 322 g/mol. The van der Waals surface area contributed by atoms with E-state index < -0.39 is 17.7 Å². The van der Waals surface area contributed by atoms with Gasteiger partial charge in [0.1, 0.15) is 11.5 Å². The molecule has 2 aliphatic rings. The third-order valence-electron chi connectivity index (χ3n) is 4.60. The molecule has 2 aromatic rings. The second-order valence-electron chi connectivity index (χ2n) is 6.18. The van der Waals surface area contributed by atoms with Gasteiger partial charge in [-0.2, -0.15) is 0 Å². The van der Waals surface area contributed by atoms with Crippen molar-refractivity contribution >= 4 is 17.1 Å². The van der Waals surface area contributed by atoms with Crippen molar-refractivity contribution in [3.05, 3.63) is 63.7 Å². The number of aliphatic hydroxyl groups is 1. The number of carbonyl (C=O) groups is 2. The summed E-state index contributed by atoms with van der Waals surface area (Å²) in [7, 11) is 0. The number of phenolic OH excluding ortho intramolecular Hbond substituents is 2. The van der Waals surface area contributed by atoms with E-state index in [9.17, 15) is 24.9 Å². The predicted octanol–water partition coefficient (Wildman–Crippen LogP) is 2.16. The SMILES string of the molecule is Cc1cc(O)c2c(c1)CC(O)C1=C2C(=O)c2cccc(O)c2C1=O. The summed E-state index contributed by atoms with van der Waals surface area (Å²) in [6, 6.07) is 7.60. The number of hydrogen-bond acceptors (Lipinski definition) is 5. The summed E-state index contributed by atoms with van der Waals surface area (Å²) in [6.07, 6.45) is -1.02. The second kappa shape index (κ2) is 4.79.